The molecule has 98 valence electrons. The average molecular weight is 258 g/mol. The Kier molecular flexibility index (Phi) is 3.66. The molecule has 3 amide bonds. The Morgan fingerprint density at radius 1 is 1.32 bits per heavy atom. The molecule has 1 aromatic rings. The molecule has 5 heteroatoms. The quantitative estimate of drug-likeness (QED) is 0.508. The number of carbonyl (C=O) groups is 2. The number of likely N-dealkylation sites (N-methyl/N-ethyl adjacent to an activating group) is 1. The van der Waals surface area contributed by atoms with Gasteiger partial charge in [-0.05, 0) is 23.8 Å². The van der Waals surface area contributed by atoms with Crippen LogP contribution >= 0.6 is 0 Å². The van der Waals surface area contributed by atoms with Crippen LogP contribution in [0.25, 0.3) is 6.08 Å². The van der Waals surface area contributed by atoms with Crippen molar-refractivity contribution in [3.8, 4) is 5.75 Å². The van der Waals surface area contributed by atoms with Crippen LogP contribution in [-0.2, 0) is 4.79 Å². The molecule has 1 heterocycles. The number of urea groups is 1. The second kappa shape index (κ2) is 5.39. The van der Waals surface area contributed by atoms with E-state index in [4.69, 9.17) is 4.74 Å². The number of ether oxygens (including phenoxy) is 1. The Morgan fingerprint density at radius 3 is 2.53 bits per heavy atom. The molecule has 0 radical (unpaired) electrons. The van der Waals surface area contributed by atoms with Gasteiger partial charge in [0.1, 0.15) is 18.1 Å². The second-order valence-electron chi connectivity index (χ2n) is 4.02. The predicted octanol–water partition coefficient (Wildman–Crippen LogP) is 1.77. The zero-order chi connectivity index (χ0) is 13.8. The maximum Gasteiger partial charge on any atom is 0.328 e. The lowest BCUT2D eigenvalue weighted by molar-refractivity contribution is -0.121. The van der Waals surface area contributed by atoms with Crippen LogP contribution in [0.4, 0.5) is 4.79 Å². The molecule has 0 bridgehead atoms. The maximum atomic E-state index is 11.7. The number of benzene rings is 1. The van der Waals surface area contributed by atoms with Crippen LogP contribution in [-0.4, -0.2) is 30.5 Å². The Bertz CT molecular complexity index is 546. The molecule has 0 atom stereocenters. The third-order valence-corrected chi connectivity index (χ3v) is 2.64. The highest BCUT2D eigenvalue weighted by atomic mass is 16.5. The van der Waals surface area contributed by atoms with Gasteiger partial charge < -0.3 is 10.1 Å². The van der Waals surface area contributed by atoms with Crippen molar-refractivity contribution >= 4 is 18.0 Å². The van der Waals surface area contributed by atoms with E-state index < -0.39 is 6.03 Å². The minimum atomic E-state index is -0.415. The molecular formula is C14H14N2O3. The van der Waals surface area contributed by atoms with E-state index in [0.29, 0.717) is 6.61 Å². The highest BCUT2D eigenvalue weighted by Gasteiger charge is 2.29. The highest BCUT2D eigenvalue weighted by molar-refractivity contribution is 6.13. The van der Waals surface area contributed by atoms with Crippen LogP contribution < -0.4 is 10.1 Å². The van der Waals surface area contributed by atoms with Crippen molar-refractivity contribution in [2.75, 3.05) is 13.7 Å². The maximum absolute atomic E-state index is 11.7. The first kappa shape index (κ1) is 12.9. The molecule has 1 fully saturated rings. The number of hydrogen-bond acceptors (Lipinski definition) is 3. The summed E-state index contributed by atoms with van der Waals surface area (Å²) in [5.74, 6) is 0.387. The van der Waals surface area contributed by atoms with Crippen molar-refractivity contribution in [1.82, 2.24) is 10.2 Å². The number of carbonyl (C=O) groups excluding carboxylic acids is 2. The SMILES string of the molecule is C=CCOc1ccc(/C=C2/NC(=O)N(C)C2=O)cc1. The zero-order valence-electron chi connectivity index (χ0n) is 10.6. The Morgan fingerprint density at radius 2 is 2.00 bits per heavy atom. The van der Waals surface area contributed by atoms with Crippen LogP contribution in [0, 0.1) is 0 Å². The van der Waals surface area contributed by atoms with Crippen LogP contribution in [0.1, 0.15) is 5.56 Å². The van der Waals surface area contributed by atoms with Crippen molar-refractivity contribution in [3.05, 3.63) is 48.2 Å². The summed E-state index contributed by atoms with van der Waals surface area (Å²) >= 11 is 0. The first-order chi connectivity index (χ1) is 9.11. The monoisotopic (exact) mass is 258 g/mol. The van der Waals surface area contributed by atoms with Gasteiger partial charge in [-0.1, -0.05) is 24.8 Å². The number of imide groups is 1. The molecular weight excluding hydrogens is 244 g/mol. The Labute approximate surface area is 111 Å². The second-order valence-corrected chi connectivity index (χ2v) is 4.02. The van der Waals surface area contributed by atoms with Gasteiger partial charge in [-0.25, -0.2) is 4.79 Å². The summed E-state index contributed by atoms with van der Waals surface area (Å²) in [6.07, 6.45) is 3.29. The number of nitrogens with zero attached hydrogens (tertiary/aromatic N) is 1. The predicted molar refractivity (Wildman–Crippen MR) is 71.4 cm³/mol. The Hall–Kier alpha value is -2.56. The van der Waals surface area contributed by atoms with Crippen molar-refractivity contribution < 1.29 is 14.3 Å². The minimum absolute atomic E-state index is 0.271. The largest absolute Gasteiger partial charge is 0.490 e. The lowest BCUT2D eigenvalue weighted by Crippen LogP contribution is -2.25. The zero-order valence-corrected chi connectivity index (χ0v) is 10.6. The molecule has 1 saturated heterocycles. The molecule has 0 unspecified atom stereocenters. The van der Waals surface area contributed by atoms with Gasteiger partial charge in [0.25, 0.3) is 5.91 Å². The minimum Gasteiger partial charge on any atom is -0.490 e. The third-order valence-electron chi connectivity index (χ3n) is 2.64. The number of rotatable bonds is 4. The summed E-state index contributed by atoms with van der Waals surface area (Å²) < 4.78 is 5.35. The van der Waals surface area contributed by atoms with E-state index in [-0.39, 0.29) is 11.6 Å². The van der Waals surface area contributed by atoms with Crippen molar-refractivity contribution in [2.45, 2.75) is 0 Å². The summed E-state index contributed by atoms with van der Waals surface area (Å²) in [5.41, 5.74) is 1.08. The number of amides is 3. The first-order valence-electron chi connectivity index (χ1n) is 5.76. The fourth-order valence-corrected chi connectivity index (χ4v) is 1.61. The van der Waals surface area contributed by atoms with Crippen LogP contribution in [0.3, 0.4) is 0 Å². The summed E-state index contributed by atoms with van der Waals surface area (Å²) in [4.78, 5) is 24.0. The highest BCUT2D eigenvalue weighted by Crippen LogP contribution is 2.16. The molecule has 1 N–H and O–H groups in total. The van der Waals surface area contributed by atoms with Crippen molar-refractivity contribution in [3.63, 3.8) is 0 Å². The molecule has 1 aliphatic rings. The van der Waals surface area contributed by atoms with Crippen LogP contribution in [0.2, 0.25) is 0 Å². The average Bonchev–Trinajstić information content (AvgIpc) is 2.66. The van der Waals surface area contributed by atoms with Gasteiger partial charge in [-0.2, -0.15) is 0 Å². The molecule has 5 nitrogen and oxygen atoms in total. The van der Waals surface area contributed by atoms with Gasteiger partial charge in [0, 0.05) is 7.05 Å². The summed E-state index contributed by atoms with van der Waals surface area (Å²) in [6.45, 7) is 4.01. The number of hydrogen-bond donors (Lipinski definition) is 1. The van der Waals surface area contributed by atoms with Crippen molar-refractivity contribution in [1.29, 1.82) is 0 Å². The van der Waals surface area contributed by atoms with E-state index in [2.05, 4.69) is 11.9 Å². The molecule has 1 aliphatic heterocycles. The smallest absolute Gasteiger partial charge is 0.328 e. The number of nitrogens with one attached hydrogen (secondary N) is 1. The lowest BCUT2D eigenvalue weighted by Gasteiger charge is -2.03. The van der Waals surface area contributed by atoms with Gasteiger partial charge >= 0.3 is 6.03 Å². The van der Waals surface area contributed by atoms with E-state index in [0.717, 1.165) is 16.2 Å². The van der Waals surface area contributed by atoms with Gasteiger partial charge in [-0.3, -0.25) is 9.69 Å². The molecule has 2 rings (SSSR count). The third kappa shape index (κ3) is 2.82. The van der Waals surface area contributed by atoms with Crippen LogP contribution in [0.5, 0.6) is 5.75 Å². The van der Waals surface area contributed by atoms with Crippen LogP contribution in [0.15, 0.2) is 42.6 Å². The Balaban J connectivity index is 2.13. The van der Waals surface area contributed by atoms with Gasteiger partial charge in [-0.15, -0.1) is 0 Å². The molecule has 0 aliphatic carbocycles. The van der Waals surface area contributed by atoms with E-state index in [1.165, 1.54) is 7.05 Å². The topological polar surface area (TPSA) is 58.6 Å². The molecule has 1 aromatic carbocycles. The molecule has 19 heavy (non-hydrogen) atoms. The molecule has 0 spiro atoms. The summed E-state index contributed by atoms with van der Waals surface area (Å²) in [7, 11) is 1.44. The fourth-order valence-electron chi connectivity index (χ4n) is 1.61. The van der Waals surface area contributed by atoms with Gasteiger partial charge in [0.2, 0.25) is 0 Å². The standard InChI is InChI=1S/C14H14N2O3/c1-3-8-19-11-6-4-10(5-7-11)9-12-13(17)16(2)14(18)15-12/h3-7,9H,1,8H2,2H3,(H,15,18)/b12-9+. The lowest BCUT2D eigenvalue weighted by atomic mass is 10.2. The fraction of sp³-hybridized carbons (Fsp3) is 0.143. The first-order valence-corrected chi connectivity index (χ1v) is 5.76. The normalized spacial score (nSPS) is 16.7. The van der Waals surface area contributed by atoms with Gasteiger partial charge in [0.05, 0.1) is 0 Å². The van der Waals surface area contributed by atoms with E-state index in [1.807, 2.05) is 12.1 Å². The van der Waals surface area contributed by atoms with E-state index in [1.54, 1.807) is 24.3 Å². The summed E-state index contributed by atoms with van der Waals surface area (Å²) in [5, 5.41) is 2.50. The molecule has 0 aromatic heterocycles. The van der Waals surface area contributed by atoms with Crippen molar-refractivity contribution in [2.24, 2.45) is 0 Å². The summed E-state index contributed by atoms with van der Waals surface area (Å²) in [6, 6.07) is 6.79. The molecule has 0 saturated carbocycles. The van der Waals surface area contributed by atoms with Gasteiger partial charge in [0.15, 0.2) is 0 Å². The van der Waals surface area contributed by atoms with E-state index in [9.17, 15) is 9.59 Å². The van der Waals surface area contributed by atoms with E-state index >= 15 is 0 Å².